The molecule has 0 aromatic heterocycles. The monoisotopic (exact) mass is 196 g/mol. The summed E-state index contributed by atoms with van der Waals surface area (Å²) in [6.45, 7) is 1.54. The molecule has 0 aromatic carbocycles. The van der Waals surface area contributed by atoms with E-state index in [-0.39, 0.29) is 6.10 Å². The first-order valence-corrected chi connectivity index (χ1v) is 5.81. The first-order valence-electron chi connectivity index (χ1n) is 5.81. The smallest absolute Gasteiger partial charge is 0.186 e. The van der Waals surface area contributed by atoms with Gasteiger partial charge in [-0.15, -0.1) is 0 Å². The fourth-order valence-electron chi connectivity index (χ4n) is 2.35. The Hall–Kier alpha value is -0.570. The van der Waals surface area contributed by atoms with Crippen LogP contribution >= 0.6 is 0 Å². The van der Waals surface area contributed by atoms with E-state index in [0.717, 1.165) is 18.9 Å². The van der Waals surface area contributed by atoms with Crippen molar-refractivity contribution in [1.82, 2.24) is 0 Å². The molecule has 3 heteroatoms. The van der Waals surface area contributed by atoms with Crippen LogP contribution in [0.4, 0.5) is 0 Å². The summed E-state index contributed by atoms with van der Waals surface area (Å²) in [6, 6.07) is 0. The summed E-state index contributed by atoms with van der Waals surface area (Å²) in [6.07, 6.45) is 7.83. The Morgan fingerprint density at radius 1 is 1.29 bits per heavy atom. The zero-order valence-electron chi connectivity index (χ0n) is 8.74. The molecule has 1 unspecified atom stereocenters. The second-order valence-electron chi connectivity index (χ2n) is 4.33. The minimum Gasteiger partial charge on any atom is -0.475 e. The van der Waals surface area contributed by atoms with Crippen LogP contribution in [0.25, 0.3) is 0 Å². The number of hydrogen-bond donors (Lipinski definition) is 1. The lowest BCUT2D eigenvalue weighted by Crippen LogP contribution is -2.22. The number of rotatable bonds is 3. The highest BCUT2D eigenvalue weighted by Gasteiger charge is 2.27. The molecule has 1 aliphatic heterocycles. The van der Waals surface area contributed by atoms with Gasteiger partial charge in [-0.3, -0.25) is 4.99 Å². The van der Waals surface area contributed by atoms with Crippen molar-refractivity contribution in [2.75, 3.05) is 13.1 Å². The molecule has 1 aliphatic carbocycles. The Balaban J connectivity index is 1.81. The standard InChI is InChI=1S/C11H20N2O/c12-7-6-10-8-13-11(14-10)9-4-2-1-3-5-9/h9-10H,1-8,12H2. The lowest BCUT2D eigenvalue weighted by molar-refractivity contribution is 0.196. The van der Waals surface area contributed by atoms with Gasteiger partial charge in [-0.25, -0.2) is 0 Å². The molecule has 2 N–H and O–H groups in total. The normalized spacial score (nSPS) is 28.6. The van der Waals surface area contributed by atoms with E-state index in [2.05, 4.69) is 4.99 Å². The Kier molecular flexibility index (Phi) is 3.40. The number of nitrogens with two attached hydrogens (primary N) is 1. The van der Waals surface area contributed by atoms with Crippen LogP contribution in [0.1, 0.15) is 38.5 Å². The first-order chi connectivity index (χ1) is 6.90. The van der Waals surface area contributed by atoms with Crippen LogP contribution in [-0.4, -0.2) is 25.1 Å². The first kappa shape index (κ1) is 9.97. The molecule has 0 amide bonds. The molecule has 1 atom stereocenters. The summed E-state index contributed by atoms with van der Waals surface area (Å²) < 4.78 is 5.81. The number of ether oxygens (including phenoxy) is 1. The molecule has 1 heterocycles. The van der Waals surface area contributed by atoms with Crippen molar-refractivity contribution in [2.24, 2.45) is 16.6 Å². The third kappa shape index (κ3) is 2.27. The lowest BCUT2D eigenvalue weighted by atomic mass is 9.89. The van der Waals surface area contributed by atoms with Crippen molar-refractivity contribution < 1.29 is 4.74 Å². The molecule has 14 heavy (non-hydrogen) atoms. The van der Waals surface area contributed by atoms with E-state index < -0.39 is 0 Å². The van der Waals surface area contributed by atoms with Crippen molar-refractivity contribution >= 4 is 5.90 Å². The van der Waals surface area contributed by atoms with Crippen molar-refractivity contribution in [1.29, 1.82) is 0 Å². The molecule has 1 fully saturated rings. The maximum absolute atomic E-state index is 5.81. The maximum atomic E-state index is 5.81. The molecule has 0 aromatic rings. The van der Waals surface area contributed by atoms with Gasteiger partial charge in [0.15, 0.2) is 5.90 Å². The molecule has 0 saturated heterocycles. The second kappa shape index (κ2) is 4.78. The molecule has 1 saturated carbocycles. The minimum absolute atomic E-state index is 0.275. The van der Waals surface area contributed by atoms with Crippen LogP contribution in [0.5, 0.6) is 0 Å². The van der Waals surface area contributed by atoms with Gasteiger partial charge < -0.3 is 10.5 Å². The molecule has 0 radical (unpaired) electrons. The Morgan fingerprint density at radius 2 is 2.07 bits per heavy atom. The maximum Gasteiger partial charge on any atom is 0.186 e. The van der Waals surface area contributed by atoms with E-state index >= 15 is 0 Å². The zero-order valence-corrected chi connectivity index (χ0v) is 8.74. The summed E-state index contributed by atoms with van der Waals surface area (Å²) in [5.41, 5.74) is 5.50. The summed E-state index contributed by atoms with van der Waals surface area (Å²) in [5, 5.41) is 0. The average molecular weight is 196 g/mol. The van der Waals surface area contributed by atoms with Crippen LogP contribution in [-0.2, 0) is 4.74 Å². The number of hydrogen-bond acceptors (Lipinski definition) is 3. The Labute approximate surface area is 85.7 Å². The van der Waals surface area contributed by atoms with Gasteiger partial charge in [0.1, 0.15) is 6.10 Å². The van der Waals surface area contributed by atoms with Crippen LogP contribution in [0.2, 0.25) is 0 Å². The fraction of sp³-hybridized carbons (Fsp3) is 0.909. The zero-order chi connectivity index (χ0) is 9.80. The van der Waals surface area contributed by atoms with Crippen molar-refractivity contribution in [3.63, 3.8) is 0 Å². The van der Waals surface area contributed by atoms with Crippen LogP contribution in [0.15, 0.2) is 4.99 Å². The quantitative estimate of drug-likeness (QED) is 0.747. The van der Waals surface area contributed by atoms with E-state index in [9.17, 15) is 0 Å². The highest BCUT2D eigenvalue weighted by Crippen LogP contribution is 2.27. The van der Waals surface area contributed by atoms with Crippen LogP contribution in [0, 0.1) is 5.92 Å². The third-order valence-corrected chi connectivity index (χ3v) is 3.18. The van der Waals surface area contributed by atoms with Gasteiger partial charge in [-0.1, -0.05) is 19.3 Å². The lowest BCUT2D eigenvalue weighted by Gasteiger charge is -2.22. The summed E-state index contributed by atoms with van der Waals surface area (Å²) >= 11 is 0. The van der Waals surface area contributed by atoms with Gasteiger partial charge in [0.2, 0.25) is 0 Å². The fourth-order valence-corrected chi connectivity index (χ4v) is 2.35. The molecule has 0 bridgehead atoms. The Morgan fingerprint density at radius 3 is 2.79 bits per heavy atom. The van der Waals surface area contributed by atoms with Crippen molar-refractivity contribution in [3.8, 4) is 0 Å². The van der Waals surface area contributed by atoms with Crippen LogP contribution in [0.3, 0.4) is 0 Å². The van der Waals surface area contributed by atoms with Gasteiger partial charge in [-0.05, 0) is 25.8 Å². The van der Waals surface area contributed by atoms with Gasteiger partial charge in [0.05, 0.1) is 6.54 Å². The summed E-state index contributed by atoms with van der Waals surface area (Å²) in [7, 11) is 0. The van der Waals surface area contributed by atoms with Gasteiger partial charge in [0, 0.05) is 5.92 Å². The van der Waals surface area contributed by atoms with E-state index in [1.807, 2.05) is 0 Å². The second-order valence-corrected chi connectivity index (χ2v) is 4.33. The summed E-state index contributed by atoms with van der Waals surface area (Å²) in [4.78, 5) is 4.50. The predicted octanol–water partition coefficient (Wildman–Crippen LogP) is 1.71. The molecular formula is C11H20N2O. The van der Waals surface area contributed by atoms with Gasteiger partial charge in [0.25, 0.3) is 0 Å². The molecule has 2 aliphatic rings. The largest absolute Gasteiger partial charge is 0.475 e. The van der Waals surface area contributed by atoms with E-state index in [4.69, 9.17) is 10.5 Å². The van der Waals surface area contributed by atoms with Crippen LogP contribution < -0.4 is 5.73 Å². The van der Waals surface area contributed by atoms with E-state index in [1.165, 1.54) is 32.1 Å². The molecule has 2 rings (SSSR count). The molecule has 80 valence electrons. The SMILES string of the molecule is NCCC1CN=C(C2CCCCC2)O1. The Bertz CT molecular complexity index is 209. The summed E-state index contributed by atoms with van der Waals surface area (Å²) in [5.74, 6) is 1.65. The van der Waals surface area contributed by atoms with Crippen molar-refractivity contribution in [2.45, 2.75) is 44.6 Å². The van der Waals surface area contributed by atoms with E-state index in [0.29, 0.717) is 12.5 Å². The number of aliphatic imine (C=N–C) groups is 1. The number of nitrogens with zero attached hydrogens (tertiary/aromatic N) is 1. The molecule has 3 nitrogen and oxygen atoms in total. The molecule has 0 spiro atoms. The average Bonchev–Trinajstić information content (AvgIpc) is 2.68. The van der Waals surface area contributed by atoms with Crippen molar-refractivity contribution in [3.05, 3.63) is 0 Å². The van der Waals surface area contributed by atoms with Gasteiger partial charge >= 0.3 is 0 Å². The topological polar surface area (TPSA) is 47.6 Å². The van der Waals surface area contributed by atoms with Gasteiger partial charge in [-0.2, -0.15) is 0 Å². The highest BCUT2D eigenvalue weighted by atomic mass is 16.5. The highest BCUT2D eigenvalue weighted by molar-refractivity contribution is 5.80. The third-order valence-electron chi connectivity index (χ3n) is 3.18. The molecular weight excluding hydrogens is 176 g/mol. The van der Waals surface area contributed by atoms with E-state index in [1.54, 1.807) is 0 Å². The minimum atomic E-state index is 0.275. The predicted molar refractivity (Wildman–Crippen MR) is 57.4 cm³/mol.